The fourth-order valence-corrected chi connectivity index (χ4v) is 11.1. The fourth-order valence-electron chi connectivity index (χ4n) is 11.1. The molecule has 0 aromatic heterocycles. The van der Waals surface area contributed by atoms with E-state index in [0.29, 0.717) is 53.8 Å². The van der Waals surface area contributed by atoms with Crippen molar-refractivity contribution >= 4 is 0 Å². The molecule has 0 N–H and O–H groups in total. The normalized spacial score (nSPS) is 18.5. The minimum atomic E-state index is -2.52. The Labute approximate surface area is 537 Å². The fraction of sp³-hybridized carbons (Fsp3) is 1.00. The first-order valence-corrected chi connectivity index (χ1v) is 33.5. The topological polar surface area (TPSA) is 18.5 Å². The second-order valence-electron chi connectivity index (χ2n) is 38.8. The van der Waals surface area contributed by atoms with E-state index >= 15 is 0 Å². The summed E-state index contributed by atoms with van der Waals surface area (Å²) >= 11 is 0. The molecule has 0 amide bonds. The predicted molar refractivity (Wildman–Crippen MR) is 363 cm³/mol. The molecule has 1 saturated carbocycles. The van der Waals surface area contributed by atoms with Crippen LogP contribution in [0.2, 0.25) is 0 Å². The van der Waals surface area contributed by atoms with Gasteiger partial charge in [-0.3, -0.25) is 0 Å². The lowest BCUT2D eigenvalue weighted by Crippen LogP contribution is -2.44. The van der Waals surface area contributed by atoms with Crippen LogP contribution in [0.1, 0.15) is 359 Å². The standard InChI is InChI=1S/C10H20O.2C9H19F.C9H18O.2C8H16F2.C8H15F.C7H14F2.C7H15F/c1-5-10(7-11-8-10)6-9(2,3)4;2*1-6-9(5,10)7-8(2,3)4;1-8(2,3)5-9(4)6-10-7-9;2*1-5-8(9,10)6-7(2,3)4;1-7(2,3)6-8(9)4-5-8;1-6(2,3)5-7(4,8)9;1-6(8)5-7(2,3)4/h5-8H2,1-4H3;2*6-7H2,1-5H3;5-7H2,1-4H3;2*5-6H2,1-4H3;4-6H2,1-3H3;5H2,1-4H3;6H,5H2,1-4H3. The summed E-state index contributed by atoms with van der Waals surface area (Å²) in [5.74, 6) is -7.46. The molecule has 2 nitrogen and oxygen atoms in total. The molecular weight excluding hydrogens is 1120 g/mol. The highest BCUT2D eigenvalue weighted by molar-refractivity contribution is 4.96. The lowest BCUT2D eigenvalue weighted by molar-refractivity contribution is -0.132. The molecule has 0 bridgehead atoms. The highest BCUT2D eigenvalue weighted by Gasteiger charge is 2.46. The Balaban J connectivity index is -0.000000212. The minimum absolute atomic E-state index is 0.0174. The van der Waals surface area contributed by atoms with Gasteiger partial charge in [0.2, 0.25) is 17.8 Å². The number of ether oxygens (including phenoxy) is 2. The van der Waals surface area contributed by atoms with Gasteiger partial charge in [-0.1, -0.05) is 228 Å². The van der Waals surface area contributed by atoms with Crippen molar-refractivity contribution in [2.75, 3.05) is 26.4 Å². The first kappa shape index (κ1) is 97.3. The molecule has 0 spiro atoms. The molecule has 2 saturated heterocycles. The smallest absolute Gasteiger partial charge is 0.248 e. The molecule has 3 aliphatic rings. The predicted octanol–water partition coefficient (Wildman–Crippen LogP) is 28.1. The molecule has 3 rings (SSSR count). The Morgan fingerprint density at radius 2 is 0.632 bits per heavy atom. The Kier molecular flexibility index (Phi) is 42.4. The van der Waals surface area contributed by atoms with Crippen molar-refractivity contribution < 1.29 is 53.4 Å². The van der Waals surface area contributed by atoms with Crippen molar-refractivity contribution in [3.8, 4) is 0 Å². The van der Waals surface area contributed by atoms with Gasteiger partial charge in [0, 0.05) is 42.9 Å². The minimum Gasteiger partial charge on any atom is -0.380 e. The van der Waals surface area contributed by atoms with Crippen LogP contribution in [0.3, 0.4) is 0 Å². The van der Waals surface area contributed by atoms with Gasteiger partial charge in [0.15, 0.2) is 0 Å². The third kappa shape index (κ3) is 75.8. The highest BCUT2D eigenvalue weighted by atomic mass is 19.3. The number of hydrogen-bond donors (Lipinski definition) is 0. The van der Waals surface area contributed by atoms with Crippen LogP contribution >= 0.6 is 0 Å². The second-order valence-corrected chi connectivity index (χ2v) is 38.8. The van der Waals surface area contributed by atoms with E-state index in [1.807, 2.05) is 96.9 Å². The van der Waals surface area contributed by atoms with Crippen molar-refractivity contribution in [3.05, 3.63) is 0 Å². The number of halogens is 10. The number of rotatable bonds is 14. The highest BCUT2D eigenvalue weighted by Crippen LogP contribution is 2.48. The maximum absolute atomic E-state index is 13.3. The van der Waals surface area contributed by atoms with Gasteiger partial charge in [-0.2, -0.15) is 0 Å². The maximum atomic E-state index is 13.3. The first-order valence-electron chi connectivity index (χ1n) is 33.5. The van der Waals surface area contributed by atoms with Crippen molar-refractivity contribution in [3.63, 3.8) is 0 Å². The quantitative estimate of drug-likeness (QED) is 0.161. The van der Waals surface area contributed by atoms with Gasteiger partial charge in [0.05, 0.1) is 32.6 Å². The van der Waals surface area contributed by atoms with E-state index in [0.717, 1.165) is 52.6 Å². The Morgan fingerprint density at radius 3 is 0.690 bits per heavy atom. The Morgan fingerprint density at radius 1 is 0.356 bits per heavy atom. The molecular formula is C75H152F10O2. The van der Waals surface area contributed by atoms with Gasteiger partial charge in [0.1, 0.15) is 17.0 Å². The van der Waals surface area contributed by atoms with Crippen molar-refractivity contribution in [2.45, 2.75) is 400 Å². The summed E-state index contributed by atoms with van der Waals surface area (Å²) in [4.78, 5) is 0. The first-order chi connectivity index (χ1) is 37.5. The molecule has 3 unspecified atom stereocenters. The summed E-state index contributed by atoms with van der Waals surface area (Å²) in [6.45, 7) is 76.2. The second kappa shape index (κ2) is 37.9. The molecule has 87 heavy (non-hydrogen) atoms. The van der Waals surface area contributed by atoms with E-state index in [2.05, 4.69) is 118 Å². The summed E-state index contributed by atoms with van der Waals surface area (Å²) < 4.78 is 137. The monoisotopic (exact) mass is 1280 g/mol. The Hall–Kier alpha value is -0.780. The van der Waals surface area contributed by atoms with Gasteiger partial charge in [-0.25, -0.2) is 43.9 Å². The molecule has 2 aliphatic heterocycles. The zero-order chi connectivity index (χ0) is 71.6. The van der Waals surface area contributed by atoms with E-state index in [1.54, 1.807) is 20.8 Å². The zero-order valence-electron chi connectivity index (χ0n) is 64.8. The summed E-state index contributed by atoms with van der Waals surface area (Å²) in [5.41, 5.74) is -1.04. The summed E-state index contributed by atoms with van der Waals surface area (Å²) in [6.07, 6.45) is 8.53. The SMILES string of the molecule is CC(C)(C)CC(C)(F)F.CC(C)(C)CC1(C)COC1.CC(C)(C)CC1(F)CC1.CC(F)CC(C)(C)C.CCC(C)(F)CC(C)(C)C.CCC(C)(F)CC(C)(C)C.CCC(F)(F)CC(C)(C)C.CCC(F)(F)CC(C)(C)C.CCC1(CC(C)(C)C)COC1. The van der Waals surface area contributed by atoms with E-state index < -0.39 is 40.9 Å². The van der Waals surface area contributed by atoms with Crippen LogP contribution < -0.4 is 0 Å². The maximum Gasteiger partial charge on any atom is 0.248 e. The molecule has 0 radical (unpaired) electrons. The lowest BCUT2D eigenvalue weighted by atomic mass is 9.71. The third-order valence-corrected chi connectivity index (χ3v) is 13.6. The van der Waals surface area contributed by atoms with Crippen LogP contribution in [0.4, 0.5) is 43.9 Å². The molecule has 534 valence electrons. The molecule has 2 heterocycles. The van der Waals surface area contributed by atoms with Crippen LogP contribution in [0.15, 0.2) is 0 Å². The average Bonchev–Trinajstić information content (AvgIpc) is 3.88. The molecule has 1 aliphatic carbocycles. The van der Waals surface area contributed by atoms with Gasteiger partial charge in [-0.15, -0.1) is 0 Å². The summed E-state index contributed by atoms with van der Waals surface area (Å²) in [6, 6.07) is 0. The molecule has 3 atom stereocenters. The molecule has 0 aromatic carbocycles. The van der Waals surface area contributed by atoms with E-state index in [1.165, 1.54) is 33.1 Å². The van der Waals surface area contributed by atoms with Gasteiger partial charge in [0.25, 0.3) is 0 Å². The van der Waals surface area contributed by atoms with E-state index in [-0.39, 0.29) is 70.0 Å². The number of alkyl halides is 10. The Bertz CT molecular complexity index is 1510. The molecule has 12 heteroatoms. The molecule has 3 fully saturated rings. The van der Waals surface area contributed by atoms with E-state index in [9.17, 15) is 43.9 Å². The van der Waals surface area contributed by atoms with Crippen molar-refractivity contribution in [2.24, 2.45) is 59.6 Å². The third-order valence-electron chi connectivity index (χ3n) is 13.6. The van der Waals surface area contributed by atoms with E-state index in [4.69, 9.17) is 9.47 Å². The summed E-state index contributed by atoms with van der Waals surface area (Å²) in [7, 11) is 0. The molecule has 0 aromatic rings. The largest absolute Gasteiger partial charge is 0.380 e. The van der Waals surface area contributed by atoms with Crippen molar-refractivity contribution in [1.29, 1.82) is 0 Å². The van der Waals surface area contributed by atoms with Gasteiger partial charge in [-0.05, 0) is 147 Å². The van der Waals surface area contributed by atoms with Crippen LogP contribution in [0, 0.1) is 59.6 Å². The van der Waals surface area contributed by atoms with Crippen LogP contribution in [0.25, 0.3) is 0 Å². The average molecular weight is 1280 g/mol. The van der Waals surface area contributed by atoms with Crippen LogP contribution in [0.5, 0.6) is 0 Å². The number of hydrogen-bond acceptors (Lipinski definition) is 2. The van der Waals surface area contributed by atoms with Crippen molar-refractivity contribution in [1.82, 2.24) is 0 Å². The lowest BCUT2D eigenvalue weighted by Gasteiger charge is -2.44. The van der Waals surface area contributed by atoms with Crippen LogP contribution in [-0.2, 0) is 9.47 Å². The van der Waals surface area contributed by atoms with Crippen LogP contribution in [-0.4, -0.2) is 67.4 Å². The zero-order valence-corrected chi connectivity index (χ0v) is 64.8. The van der Waals surface area contributed by atoms with Gasteiger partial charge < -0.3 is 9.47 Å². The van der Waals surface area contributed by atoms with Gasteiger partial charge >= 0.3 is 0 Å². The summed E-state index contributed by atoms with van der Waals surface area (Å²) in [5, 5.41) is 0.